The van der Waals surface area contributed by atoms with E-state index in [1.54, 1.807) is 0 Å². The third-order valence-electron chi connectivity index (χ3n) is 1.06. The second kappa shape index (κ2) is 7.40. The molecule has 0 saturated carbocycles. The number of amides is 5. The van der Waals surface area contributed by atoms with E-state index in [4.69, 9.17) is 5.73 Å². The molecule has 1 aliphatic heterocycles. The van der Waals surface area contributed by atoms with Crippen molar-refractivity contribution in [2.24, 2.45) is 5.73 Å². The van der Waals surface area contributed by atoms with Gasteiger partial charge in [-0.3, -0.25) is 10.1 Å². The van der Waals surface area contributed by atoms with E-state index < -0.39 is 24.1 Å². The molecule has 14 heavy (non-hydrogen) atoms. The lowest BCUT2D eigenvalue weighted by molar-refractivity contribution is -0.120. The Bertz CT molecular complexity index is 237. The lowest BCUT2D eigenvalue weighted by Crippen LogP contribution is -2.48. The van der Waals surface area contributed by atoms with Crippen LogP contribution in [0.25, 0.3) is 0 Å². The molecule has 10 heteroatoms. The second-order valence-electron chi connectivity index (χ2n) is 1.90. The van der Waals surface area contributed by atoms with Gasteiger partial charge in [0.15, 0.2) is 6.17 Å². The molecule has 1 unspecified atom stereocenters. The van der Waals surface area contributed by atoms with E-state index in [0.29, 0.717) is 0 Å². The van der Waals surface area contributed by atoms with Crippen LogP contribution >= 0.6 is 12.4 Å². The van der Waals surface area contributed by atoms with E-state index in [1.807, 2.05) is 10.6 Å². The fourth-order valence-corrected chi connectivity index (χ4v) is 0.661. The van der Waals surface area contributed by atoms with Crippen LogP contribution in [0.3, 0.4) is 0 Å². The fourth-order valence-electron chi connectivity index (χ4n) is 0.661. The predicted molar refractivity (Wildman–Crippen MR) is 52.6 cm³/mol. The standard InChI is InChI=1S/C4H6N4O3.Al.ClH.H2O.2H/c5-3(10)6-1-2(9)8-4(11)7-1;;;;;/h1H,(H3,5,6,10)(H2,7,8,9,11);;1H;1H2;;. The predicted octanol–water partition coefficient (Wildman–Crippen LogP) is -3.50. The summed E-state index contributed by atoms with van der Waals surface area (Å²) in [6.07, 6.45) is -1.04. The van der Waals surface area contributed by atoms with Gasteiger partial charge in [-0.25, -0.2) is 9.59 Å². The molecular formula is C4H11AlClN4O4. The molecule has 81 valence electrons. The normalized spacial score (nSPS) is 17.6. The van der Waals surface area contributed by atoms with Gasteiger partial charge < -0.3 is 21.8 Å². The zero-order valence-corrected chi connectivity index (χ0v) is 10.1. The average Bonchev–Trinajstić information content (AvgIpc) is 2.09. The maximum atomic E-state index is 10.7. The van der Waals surface area contributed by atoms with Gasteiger partial charge >= 0.3 is 12.1 Å². The van der Waals surface area contributed by atoms with E-state index in [9.17, 15) is 14.4 Å². The van der Waals surface area contributed by atoms with Crippen molar-refractivity contribution < 1.29 is 19.9 Å². The van der Waals surface area contributed by atoms with Crippen molar-refractivity contribution >= 4 is 47.7 Å². The number of hydrogen-bond donors (Lipinski definition) is 4. The molecule has 0 aromatic carbocycles. The second-order valence-corrected chi connectivity index (χ2v) is 1.90. The Labute approximate surface area is 95.8 Å². The van der Waals surface area contributed by atoms with Crippen LogP contribution in [0.1, 0.15) is 0 Å². The molecule has 0 aromatic rings. The Hall–Kier alpha value is -1.01. The van der Waals surface area contributed by atoms with Gasteiger partial charge in [0, 0.05) is 0 Å². The molecule has 1 heterocycles. The summed E-state index contributed by atoms with van der Waals surface area (Å²) in [6, 6.07) is -1.51. The van der Waals surface area contributed by atoms with E-state index in [2.05, 4.69) is 5.32 Å². The lowest BCUT2D eigenvalue weighted by atomic mass is 10.5. The third-order valence-corrected chi connectivity index (χ3v) is 1.06. The van der Waals surface area contributed by atoms with Gasteiger partial charge in [-0.05, 0) is 0 Å². The summed E-state index contributed by atoms with van der Waals surface area (Å²) in [6.45, 7) is 0. The average molecular weight is 242 g/mol. The van der Waals surface area contributed by atoms with Gasteiger partial charge in [0.2, 0.25) is 0 Å². The number of nitrogens with two attached hydrogens (primary N) is 1. The number of halogens is 1. The van der Waals surface area contributed by atoms with E-state index in [-0.39, 0.29) is 35.2 Å². The number of hydrogen-bond acceptors (Lipinski definition) is 3. The van der Waals surface area contributed by atoms with Gasteiger partial charge in [-0.15, -0.1) is 12.4 Å². The number of carbonyl (C=O) groups is 3. The van der Waals surface area contributed by atoms with Crippen molar-refractivity contribution in [2.45, 2.75) is 6.17 Å². The van der Waals surface area contributed by atoms with Crippen LogP contribution in [-0.2, 0) is 4.79 Å². The van der Waals surface area contributed by atoms with Crippen molar-refractivity contribution in [3.63, 3.8) is 0 Å². The summed E-state index contributed by atoms with van der Waals surface area (Å²) < 4.78 is 0. The van der Waals surface area contributed by atoms with Gasteiger partial charge in [0.1, 0.15) is 17.4 Å². The SMILES string of the molecule is Cl.NC(=O)NC1NC(=O)NC1=O.O.[AlH2]. The van der Waals surface area contributed by atoms with E-state index >= 15 is 0 Å². The van der Waals surface area contributed by atoms with Gasteiger partial charge in [-0.1, -0.05) is 0 Å². The zero-order valence-electron chi connectivity index (χ0n) is 7.29. The minimum atomic E-state index is -1.04. The Morgan fingerprint density at radius 3 is 2.21 bits per heavy atom. The van der Waals surface area contributed by atoms with Crippen LogP contribution in [-0.4, -0.2) is 47.0 Å². The first kappa shape index (κ1) is 18.7. The topological polar surface area (TPSA) is 145 Å². The molecule has 0 aromatic heterocycles. The fraction of sp³-hybridized carbons (Fsp3) is 0.250. The number of rotatable bonds is 1. The minimum absolute atomic E-state index is 0. The maximum absolute atomic E-state index is 10.7. The van der Waals surface area contributed by atoms with Crippen LogP contribution in [0.2, 0.25) is 0 Å². The van der Waals surface area contributed by atoms with Crippen LogP contribution in [0.15, 0.2) is 0 Å². The smallest absolute Gasteiger partial charge is 0.323 e. The Morgan fingerprint density at radius 2 is 1.93 bits per heavy atom. The highest BCUT2D eigenvalue weighted by molar-refractivity contribution is 6.05. The molecule has 8 nitrogen and oxygen atoms in total. The summed E-state index contributed by atoms with van der Waals surface area (Å²) in [7, 11) is 0. The highest BCUT2D eigenvalue weighted by Gasteiger charge is 2.29. The molecule has 5 amide bonds. The monoisotopic (exact) mass is 241 g/mol. The highest BCUT2D eigenvalue weighted by Crippen LogP contribution is 1.86. The molecule has 0 aliphatic carbocycles. The number of carbonyl (C=O) groups excluding carboxylic acids is 3. The first-order valence-electron chi connectivity index (χ1n) is 2.77. The number of urea groups is 2. The molecule has 0 bridgehead atoms. The van der Waals surface area contributed by atoms with E-state index in [1.165, 1.54) is 0 Å². The highest BCUT2D eigenvalue weighted by atomic mass is 35.5. The number of imide groups is 1. The summed E-state index contributed by atoms with van der Waals surface area (Å²) in [5.74, 6) is -0.617. The summed E-state index contributed by atoms with van der Waals surface area (Å²) in [4.78, 5) is 31.3. The Balaban J connectivity index is -0.000000403. The largest absolute Gasteiger partial charge is 0.412 e. The summed E-state index contributed by atoms with van der Waals surface area (Å²) in [5.41, 5.74) is 4.70. The molecule has 0 spiro atoms. The molecule has 1 saturated heterocycles. The minimum Gasteiger partial charge on any atom is -0.412 e. The zero-order chi connectivity index (χ0) is 8.43. The molecule has 1 atom stereocenters. The summed E-state index contributed by atoms with van der Waals surface area (Å²) >= 11 is 0. The number of primary amides is 1. The third kappa shape index (κ3) is 4.88. The quantitative estimate of drug-likeness (QED) is 0.279. The molecule has 1 aliphatic rings. The van der Waals surface area contributed by atoms with Gasteiger partial charge in [-0.2, -0.15) is 0 Å². The van der Waals surface area contributed by atoms with Crippen molar-refractivity contribution in [1.82, 2.24) is 16.0 Å². The van der Waals surface area contributed by atoms with E-state index in [0.717, 1.165) is 0 Å². The molecule has 1 radical (unpaired) electrons. The van der Waals surface area contributed by atoms with Crippen molar-refractivity contribution in [3.8, 4) is 0 Å². The van der Waals surface area contributed by atoms with Gasteiger partial charge in [0.05, 0.1) is 0 Å². The first-order chi connectivity index (χ1) is 5.09. The van der Waals surface area contributed by atoms with Crippen LogP contribution in [0.4, 0.5) is 9.59 Å². The van der Waals surface area contributed by atoms with Crippen molar-refractivity contribution in [1.29, 1.82) is 0 Å². The van der Waals surface area contributed by atoms with Crippen LogP contribution in [0.5, 0.6) is 0 Å². The van der Waals surface area contributed by atoms with Crippen LogP contribution < -0.4 is 21.7 Å². The lowest BCUT2D eigenvalue weighted by Gasteiger charge is -2.05. The van der Waals surface area contributed by atoms with Crippen molar-refractivity contribution in [3.05, 3.63) is 0 Å². The van der Waals surface area contributed by atoms with Crippen LogP contribution in [0, 0.1) is 0 Å². The molecule has 1 rings (SSSR count). The maximum Gasteiger partial charge on any atom is 0.323 e. The van der Waals surface area contributed by atoms with Gasteiger partial charge in [0.25, 0.3) is 5.91 Å². The molecule has 7 N–H and O–H groups in total. The summed E-state index contributed by atoms with van der Waals surface area (Å²) in [5, 5.41) is 6.05. The first-order valence-corrected chi connectivity index (χ1v) is 2.77. The van der Waals surface area contributed by atoms with Crippen molar-refractivity contribution in [2.75, 3.05) is 0 Å². The number of nitrogens with one attached hydrogen (secondary N) is 3. The Morgan fingerprint density at radius 1 is 1.43 bits per heavy atom. The Kier molecular flexibility index (Phi) is 9.89. The molecule has 1 fully saturated rings. The molecular weight excluding hydrogens is 231 g/mol.